The Bertz CT molecular complexity index is 606. The zero-order chi connectivity index (χ0) is 15.4. The van der Waals surface area contributed by atoms with Crippen LogP contribution in [-0.2, 0) is 6.42 Å². The maximum Gasteiger partial charge on any atom is 0.220 e. The van der Waals surface area contributed by atoms with Gasteiger partial charge in [-0.25, -0.2) is 0 Å². The van der Waals surface area contributed by atoms with Crippen LogP contribution in [-0.4, -0.2) is 30.5 Å². The molecule has 0 amide bonds. The van der Waals surface area contributed by atoms with Crippen LogP contribution in [0.25, 0.3) is 5.69 Å². The number of nitrogens with two attached hydrogens (primary N) is 1. The molecule has 5 nitrogen and oxygen atoms in total. The van der Waals surface area contributed by atoms with Gasteiger partial charge in [-0.1, -0.05) is 26.0 Å². The normalized spacial score (nSPS) is 11.0. The molecule has 1 aromatic heterocycles. The van der Waals surface area contributed by atoms with Crippen molar-refractivity contribution in [2.24, 2.45) is 5.73 Å². The number of para-hydroxylation sites is 2. The molecule has 0 unspecified atom stereocenters. The Kier molecular flexibility index (Phi) is 4.85. The van der Waals surface area contributed by atoms with Crippen molar-refractivity contribution >= 4 is 0 Å². The summed E-state index contributed by atoms with van der Waals surface area (Å²) in [4.78, 5) is 0. The standard InChI is InChI=1S/C16H23N3O2/c1-11(2)15-12(9-10-17)16(21-4)19(18-15)13-7-5-6-8-14(13)20-3/h5-8,11H,9-10,17H2,1-4H3. The van der Waals surface area contributed by atoms with Gasteiger partial charge >= 0.3 is 0 Å². The van der Waals surface area contributed by atoms with Crippen LogP contribution in [0.1, 0.15) is 31.0 Å². The Morgan fingerprint density at radius 1 is 1.19 bits per heavy atom. The summed E-state index contributed by atoms with van der Waals surface area (Å²) < 4.78 is 12.8. The minimum absolute atomic E-state index is 0.302. The molecule has 0 radical (unpaired) electrons. The van der Waals surface area contributed by atoms with Crippen molar-refractivity contribution in [2.75, 3.05) is 20.8 Å². The van der Waals surface area contributed by atoms with Gasteiger partial charge in [-0.15, -0.1) is 0 Å². The summed E-state index contributed by atoms with van der Waals surface area (Å²) in [5.41, 5.74) is 8.69. The van der Waals surface area contributed by atoms with E-state index in [9.17, 15) is 0 Å². The summed E-state index contributed by atoms with van der Waals surface area (Å²) in [5.74, 6) is 1.79. The van der Waals surface area contributed by atoms with Crippen LogP contribution in [0.4, 0.5) is 0 Å². The highest BCUT2D eigenvalue weighted by Gasteiger charge is 2.22. The predicted octanol–water partition coefficient (Wildman–Crippen LogP) is 2.51. The van der Waals surface area contributed by atoms with Crippen molar-refractivity contribution in [1.29, 1.82) is 0 Å². The smallest absolute Gasteiger partial charge is 0.220 e. The first-order chi connectivity index (χ1) is 10.1. The molecule has 0 fully saturated rings. The van der Waals surface area contributed by atoms with Gasteiger partial charge in [0.25, 0.3) is 0 Å². The average Bonchev–Trinajstić information content (AvgIpc) is 2.86. The molecule has 2 rings (SSSR count). The van der Waals surface area contributed by atoms with E-state index in [1.54, 1.807) is 18.9 Å². The lowest BCUT2D eigenvalue weighted by Crippen LogP contribution is -2.06. The third-order valence-corrected chi connectivity index (χ3v) is 3.42. The lowest BCUT2D eigenvalue weighted by atomic mass is 10.0. The van der Waals surface area contributed by atoms with Crippen LogP contribution in [0.3, 0.4) is 0 Å². The van der Waals surface area contributed by atoms with Gasteiger partial charge in [0, 0.05) is 5.56 Å². The molecule has 114 valence electrons. The summed E-state index contributed by atoms with van der Waals surface area (Å²) in [6, 6.07) is 7.76. The first-order valence-corrected chi connectivity index (χ1v) is 7.13. The fraction of sp³-hybridized carbons (Fsp3) is 0.438. The fourth-order valence-electron chi connectivity index (χ4n) is 2.47. The fourth-order valence-corrected chi connectivity index (χ4v) is 2.47. The van der Waals surface area contributed by atoms with Gasteiger partial charge in [0.1, 0.15) is 11.4 Å². The van der Waals surface area contributed by atoms with Crippen LogP contribution in [0.15, 0.2) is 24.3 Å². The monoisotopic (exact) mass is 289 g/mol. The molecule has 1 aromatic carbocycles. The number of rotatable bonds is 6. The molecule has 0 aliphatic carbocycles. The number of hydrogen-bond acceptors (Lipinski definition) is 4. The number of nitrogens with zero attached hydrogens (tertiary/aromatic N) is 2. The van der Waals surface area contributed by atoms with E-state index in [1.165, 1.54) is 0 Å². The van der Waals surface area contributed by atoms with E-state index in [-0.39, 0.29) is 0 Å². The molecule has 0 saturated heterocycles. The van der Waals surface area contributed by atoms with Gasteiger partial charge in [0.05, 0.1) is 19.9 Å². The molecular weight excluding hydrogens is 266 g/mol. The Morgan fingerprint density at radius 2 is 1.90 bits per heavy atom. The van der Waals surface area contributed by atoms with Crippen LogP contribution in [0, 0.1) is 0 Å². The maximum absolute atomic E-state index is 5.74. The van der Waals surface area contributed by atoms with Crippen molar-refractivity contribution in [2.45, 2.75) is 26.2 Å². The summed E-state index contributed by atoms with van der Waals surface area (Å²) in [5, 5.41) is 4.73. The second-order valence-corrected chi connectivity index (χ2v) is 5.15. The molecule has 0 aliphatic rings. The molecule has 0 bridgehead atoms. The zero-order valence-corrected chi connectivity index (χ0v) is 13.1. The molecular formula is C16H23N3O2. The van der Waals surface area contributed by atoms with Gasteiger partial charge in [0.2, 0.25) is 5.88 Å². The van der Waals surface area contributed by atoms with Crippen molar-refractivity contribution in [3.63, 3.8) is 0 Å². The van der Waals surface area contributed by atoms with E-state index in [2.05, 4.69) is 13.8 Å². The maximum atomic E-state index is 5.74. The minimum Gasteiger partial charge on any atom is -0.494 e. The third-order valence-electron chi connectivity index (χ3n) is 3.42. The molecule has 1 heterocycles. The van der Waals surface area contributed by atoms with Crippen LogP contribution in [0.2, 0.25) is 0 Å². The Hall–Kier alpha value is -2.01. The van der Waals surface area contributed by atoms with Crippen LogP contribution < -0.4 is 15.2 Å². The molecule has 2 aromatic rings. The van der Waals surface area contributed by atoms with Crippen LogP contribution >= 0.6 is 0 Å². The topological polar surface area (TPSA) is 62.3 Å². The quantitative estimate of drug-likeness (QED) is 0.887. The lowest BCUT2D eigenvalue weighted by molar-refractivity contribution is 0.373. The second-order valence-electron chi connectivity index (χ2n) is 5.15. The highest BCUT2D eigenvalue weighted by atomic mass is 16.5. The van der Waals surface area contributed by atoms with Gasteiger partial charge in [0.15, 0.2) is 0 Å². The zero-order valence-electron chi connectivity index (χ0n) is 13.1. The summed E-state index contributed by atoms with van der Waals surface area (Å²) in [7, 11) is 3.31. The lowest BCUT2D eigenvalue weighted by Gasteiger charge is -2.11. The molecule has 21 heavy (non-hydrogen) atoms. The largest absolute Gasteiger partial charge is 0.494 e. The van der Waals surface area contributed by atoms with Crippen molar-refractivity contribution < 1.29 is 9.47 Å². The summed E-state index contributed by atoms with van der Waals surface area (Å²) >= 11 is 0. The van der Waals surface area contributed by atoms with Gasteiger partial charge in [-0.2, -0.15) is 9.78 Å². The first-order valence-electron chi connectivity index (χ1n) is 7.13. The van der Waals surface area contributed by atoms with Gasteiger partial charge in [-0.3, -0.25) is 0 Å². The average molecular weight is 289 g/mol. The minimum atomic E-state index is 0.302. The summed E-state index contributed by atoms with van der Waals surface area (Å²) in [6.45, 7) is 4.80. The van der Waals surface area contributed by atoms with E-state index in [4.69, 9.17) is 20.3 Å². The number of aromatic nitrogens is 2. The van der Waals surface area contributed by atoms with E-state index in [0.717, 1.165) is 35.0 Å². The molecule has 0 saturated carbocycles. The number of benzene rings is 1. The predicted molar refractivity (Wildman–Crippen MR) is 83.5 cm³/mol. The second kappa shape index (κ2) is 6.63. The Morgan fingerprint density at radius 3 is 2.48 bits per heavy atom. The van der Waals surface area contributed by atoms with Crippen molar-refractivity contribution in [3.05, 3.63) is 35.5 Å². The molecule has 2 N–H and O–H groups in total. The van der Waals surface area contributed by atoms with Gasteiger partial charge in [-0.05, 0) is 31.0 Å². The van der Waals surface area contributed by atoms with E-state index in [1.807, 2.05) is 24.3 Å². The molecule has 0 spiro atoms. The van der Waals surface area contributed by atoms with Gasteiger partial charge < -0.3 is 15.2 Å². The molecule has 5 heteroatoms. The Balaban J connectivity index is 2.65. The van der Waals surface area contributed by atoms with Crippen LogP contribution in [0.5, 0.6) is 11.6 Å². The van der Waals surface area contributed by atoms with Crippen molar-refractivity contribution in [3.8, 4) is 17.3 Å². The SMILES string of the molecule is COc1ccccc1-n1nc(C(C)C)c(CCN)c1OC. The number of methoxy groups -OCH3 is 2. The molecule has 0 atom stereocenters. The molecule has 0 aliphatic heterocycles. The van der Waals surface area contributed by atoms with E-state index in [0.29, 0.717) is 12.5 Å². The van der Waals surface area contributed by atoms with E-state index < -0.39 is 0 Å². The first kappa shape index (κ1) is 15.4. The third kappa shape index (κ3) is 2.88. The summed E-state index contributed by atoms with van der Waals surface area (Å²) in [6.07, 6.45) is 0.742. The van der Waals surface area contributed by atoms with E-state index >= 15 is 0 Å². The highest BCUT2D eigenvalue weighted by Crippen LogP contribution is 2.33. The Labute approximate surface area is 125 Å². The number of hydrogen-bond donors (Lipinski definition) is 1. The highest BCUT2D eigenvalue weighted by molar-refractivity contribution is 5.50. The number of ether oxygens (including phenoxy) is 2. The van der Waals surface area contributed by atoms with Crippen molar-refractivity contribution in [1.82, 2.24) is 9.78 Å².